The van der Waals surface area contributed by atoms with Crippen LogP contribution in [0.2, 0.25) is 0 Å². The third-order valence-electron chi connectivity index (χ3n) is 1.60. The predicted octanol–water partition coefficient (Wildman–Crippen LogP) is 0.585. The van der Waals surface area contributed by atoms with Crippen molar-refractivity contribution in [2.45, 2.75) is 0 Å². The number of pyridine rings is 1. The third-order valence-corrected chi connectivity index (χ3v) is 1.60. The van der Waals surface area contributed by atoms with Crippen molar-refractivity contribution in [1.29, 1.82) is 5.26 Å². The van der Waals surface area contributed by atoms with Crippen molar-refractivity contribution in [2.24, 2.45) is 0 Å². The van der Waals surface area contributed by atoms with E-state index < -0.39 is 0 Å². The van der Waals surface area contributed by atoms with E-state index in [0.717, 1.165) is 13.1 Å². The maximum absolute atomic E-state index is 8.73. The number of nitrogens with zero attached hydrogens (tertiary/aromatic N) is 2. The number of nitriles is 1. The summed E-state index contributed by atoms with van der Waals surface area (Å²) in [6.45, 7) is 1.61. The Balaban J connectivity index is 2.60. The highest BCUT2D eigenvalue weighted by molar-refractivity contribution is 5.51. The van der Waals surface area contributed by atoms with Gasteiger partial charge in [0, 0.05) is 19.3 Å². The number of hydrogen-bond donors (Lipinski definition) is 2. The lowest BCUT2D eigenvalue weighted by atomic mass is 10.3. The topological polar surface area (TPSA) is 60.7 Å². The highest BCUT2D eigenvalue weighted by atomic mass is 15.0. The molecule has 0 amide bonds. The van der Waals surface area contributed by atoms with Crippen LogP contribution in [0.25, 0.3) is 0 Å². The Morgan fingerprint density at radius 2 is 2.38 bits per heavy atom. The van der Waals surface area contributed by atoms with Crippen LogP contribution >= 0.6 is 0 Å². The molecule has 0 aliphatic rings. The molecule has 0 radical (unpaired) electrons. The highest BCUT2D eigenvalue weighted by Crippen LogP contribution is 2.08. The molecule has 4 heteroatoms. The number of anilines is 1. The number of likely N-dealkylation sites (N-methyl/N-ethyl adjacent to an activating group) is 1. The van der Waals surface area contributed by atoms with Gasteiger partial charge in [-0.3, -0.25) is 0 Å². The molecular formula is C9H12N4. The molecule has 0 aliphatic carbocycles. The summed E-state index contributed by atoms with van der Waals surface area (Å²) in [5.41, 5.74) is 0.582. The molecule has 1 rings (SSSR count). The van der Waals surface area contributed by atoms with Gasteiger partial charge >= 0.3 is 0 Å². The second-order valence-electron chi connectivity index (χ2n) is 2.54. The smallest absolute Gasteiger partial charge is 0.143 e. The Kier molecular flexibility index (Phi) is 3.74. The predicted molar refractivity (Wildman–Crippen MR) is 51.4 cm³/mol. The highest BCUT2D eigenvalue weighted by Gasteiger charge is 1.99. The lowest BCUT2D eigenvalue weighted by Gasteiger charge is -2.05. The monoisotopic (exact) mass is 176 g/mol. The Hall–Kier alpha value is -1.60. The van der Waals surface area contributed by atoms with E-state index in [2.05, 4.69) is 21.7 Å². The Morgan fingerprint density at radius 1 is 1.54 bits per heavy atom. The molecule has 1 heterocycles. The van der Waals surface area contributed by atoms with Gasteiger partial charge in [-0.2, -0.15) is 5.26 Å². The minimum atomic E-state index is 0.582. The van der Waals surface area contributed by atoms with Gasteiger partial charge in [0.05, 0.1) is 5.56 Å². The van der Waals surface area contributed by atoms with E-state index in [1.54, 1.807) is 18.3 Å². The summed E-state index contributed by atoms with van der Waals surface area (Å²) < 4.78 is 0. The van der Waals surface area contributed by atoms with Crippen molar-refractivity contribution in [3.05, 3.63) is 23.9 Å². The summed E-state index contributed by atoms with van der Waals surface area (Å²) in [5.74, 6) is 0.653. The van der Waals surface area contributed by atoms with Gasteiger partial charge in [0.15, 0.2) is 0 Å². The molecule has 0 unspecified atom stereocenters. The average Bonchev–Trinajstić information content (AvgIpc) is 2.19. The largest absolute Gasteiger partial charge is 0.368 e. The van der Waals surface area contributed by atoms with E-state index in [1.807, 2.05) is 7.05 Å². The van der Waals surface area contributed by atoms with Gasteiger partial charge in [-0.05, 0) is 19.2 Å². The second kappa shape index (κ2) is 5.12. The molecule has 0 spiro atoms. The summed E-state index contributed by atoms with van der Waals surface area (Å²) in [5, 5.41) is 14.8. The first kappa shape index (κ1) is 9.49. The number of rotatable bonds is 4. The van der Waals surface area contributed by atoms with Crippen LogP contribution in [0.1, 0.15) is 5.56 Å². The Labute approximate surface area is 77.6 Å². The normalized spacial score (nSPS) is 9.23. The van der Waals surface area contributed by atoms with Crippen molar-refractivity contribution < 1.29 is 0 Å². The van der Waals surface area contributed by atoms with E-state index in [4.69, 9.17) is 5.26 Å². The van der Waals surface area contributed by atoms with Crippen molar-refractivity contribution in [3.8, 4) is 6.07 Å². The summed E-state index contributed by atoms with van der Waals surface area (Å²) >= 11 is 0. The Bertz CT molecular complexity index is 303. The van der Waals surface area contributed by atoms with Crippen molar-refractivity contribution in [2.75, 3.05) is 25.5 Å². The molecule has 0 bridgehead atoms. The quantitative estimate of drug-likeness (QED) is 0.659. The number of nitrogens with one attached hydrogen (secondary N) is 2. The van der Waals surface area contributed by atoms with Crippen LogP contribution < -0.4 is 10.6 Å². The molecule has 0 aromatic carbocycles. The molecule has 1 aromatic heterocycles. The van der Waals surface area contributed by atoms with Crippen LogP contribution in [0.3, 0.4) is 0 Å². The molecule has 1 aromatic rings. The van der Waals surface area contributed by atoms with Gasteiger partial charge in [-0.1, -0.05) is 0 Å². The van der Waals surface area contributed by atoms with Gasteiger partial charge in [-0.25, -0.2) is 4.98 Å². The summed E-state index contributed by atoms with van der Waals surface area (Å²) in [7, 11) is 1.88. The van der Waals surface area contributed by atoms with E-state index in [1.165, 1.54) is 0 Å². The molecule has 0 saturated heterocycles. The zero-order chi connectivity index (χ0) is 9.52. The minimum absolute atomic E-state index is 0.582. The van der Waals surface area contributed by atoms with Crippen molar-refractivity contribution >= 4 is 5.82 Å². The van der Waals surface area contributed by atoms with Crippen LogP contribution in [0.4, 0.5) is 5.82 Å². The fraction of sp³-hybridized carbons (Fsp3) is 0.333. The summed E-state index contributed by atoms with van der Waals surface area (Å²) in [6.07, 6.45) is 1.67. The van der Waals surface area contributed by atoms with Gasteiger partial charge in [0.2, 0.25) is 0 Å². The van der Waals surface area contributed by atoms with E-state index in [0.29, 0.717) is 11.4 Å². The minimum Gasteiger partial charge on any atom is -0.368 e. The first-order valence-corrected chi connectivity index (χ1v) is 4.12. The SMILES string of the molecule is CNCCNc1ncccc1C#N. The molecule has 0 atom stereocenters. The van der Waals surface area contributed by atoms with Crippen LogP contribution in [-0.2, 0) is 0 Å². The average molecular weight is 176 g/mol. The fourth-order valence-electron chi connectivity index (χ4n) is 0.942. The third kappa shape index (κ3) is 2.73. The van der Waals surface area contributed by atoms with Crippen LogP contribution in [0.5, 0.6) is 0 Å². The van der Waals surface area contributed by atoms with E-state index in [-0.39, 0.29) is 0 Å². The van der Waals surface area contributed by atoms with Gasteiger partial charge < -0.3 is 10.6 Å². The van der Waals surface area contributed by atoms with E-state index in [9.17, 15) is 0 Å². The maximum Gasteiger partial charge on any atom is 0.143 e. The van der Waals surface area contributed by atoms with Crippen LogP contribution in [0.15, 0.2) is 18.3 Å². The molecule has 0 saturated carbocycles. The molecule has 2 N–H and O–H groups in total. The summed E-state index contributed by atoms with van der Waals surface area (Å²) in [6, 6.07) is 5.57. The molecule has 13 heavy (non-hydrogen) atoms. The lowest BCUT2D eigenvalue weighted by molar-refractivity contribution is 0.821. The van der Waals surface area contributed by atoms with Crippen LogP contribution in [0, 0.1) is 11.3 Å². The molecule has 0 fully saturated rings. The summed E-state index contributed by atoms with van der Waals surface area (Å²) in [4.78, 5) is 4.06. The van der Waals surface area contributed by atoms with Crippen molar-refractivity contribution in [3.63, 3.8) is 0 Å². The maximum atomic E-state index is 8.73. The zero-order valence-electron chi connectivity index (χ0n) is 7.54. The Morgan fingerprint density at radius 3 is 3.08 bits per heavy atom. The molecule has 0 aliphatic heterocycles. The zero-order valence-corrected chi connectivity index (χ0v) is 7.54. The fourth-order valence-corrected chi connectivity index (χ4v) is 0.942. The number of hydrogen-bond acceptors (Lipinski definition) is 4. The van der Waals surface area contributed by atoms with Gasteiger partial charge in [-0.15, -0.1) is 0 Å². The number of aromatic nitrogens is 1. The molecular weight excluding hydrogens is 164 g/mol. The van der Waals surface area contributed by atoms with Crippen LogP contribution in [-0.4, -0.2) is 25.1 Å². The molecule has 4 nitrogen and oxygen atoms in total. The van der Waals surface area contributed by atoms with Gasteiger partial charge in [0.25, 0.3) is 0 Å². The molecule has 68 valence electrons. The van der Waals surface area contributed by atoms with E-state index >= 15 is 0 Å². The van der Waals surface area contributed by atoms with Gasteiger partial charge in [0.1, 0.15) is 11.9 Å². The first-order chi connectivity index (χ1) is 6.38. The first-order valence-electron chi connectivity index (χ1n) is 4.12. The standard InChI is InChI=1S/C9H12N4/c1-11-5-6-13-9-8(7-10)3-2-4-12-9/h2-4,11H,5-6H2,1H3,(H,12,13). The van der Waals surface area contributed by atoms with Crippen molar-refractivity contribution in [1.82, 2.24) is 10.3 Å². The second-order valence-corrected chi connectivity index (χ2v) is 2.54. The lowest BCUT2D eigenvalue weighted by Crippen LogP contribution is -2.18.